The molecule has 1 aromatic rings. The van der Waals surface area contributed by atoms with Gasteiger partial charge < -0.3 is 0 Å². The van der Waals surface area contributed by atoms with Gasteiger partial charge in [-0.25, -0.2) is 13.1 Å². The zero-order valence-electron chi connectivity index (χ0n) is 10.4. The van der Waals surface area contributed by atoms with Crippen molar-refractivity contribution in [3.05, 3.63) is 39.9 Å². The molecule has 5 nitrogen and oxygen atoms in total. The molecule has 0 atom stereocenters. The summed E-state index contributed by atoms with van der Waals surface area (Å²) in [6.45, 7) is 0.130. The monoisotopic (exact) mass is 324 g/mol. The minimum atomic E-state index is -3.24. The van der Waals surface area contributed by atoms with Gasteiger partial charge in [-0.1, -0.05) is 29.3 Å². The van der Waals surface area contributed by atoms with E-state index in [1.807, 2.05) is 0 Å². The van der Waals surface area contributed by atoms with E-state index in [9.17, 15) is 8.42 Å². The fourth-order valence-electron chi connectivity index (χ4n) is 1.29. The van der Waals surface area contributed by atoms with Gasteiger partial charge in [0.15, 0.2) is 0 Å². The van der Waals surface area contributed by atoms with Crippen molar-refractivity contribution in [1.82, 2.24) is 10.2 Å². The molecule has 0 aromatic heterocycles. The molecule has 0 heterocycles. The third kappa shape index (κ3) is 5.80. The normalized spacial score (nSPS) is 12.5. The van der Waals surface area contributed by atoms with Gasteiger partial charge in [-0.15, -0.1) is 0 Å². The highest BCUT2D eigenvalue weighted by Crippen LogP contribution is 2.25. The Hall–Kier alpha value is -0.790. The molecule has 0 spiro atoms. The second kappa shape index (κ2) is 7.12. The summed E-state index contributed by atoms with van der Waals surface area (Å²) < 4.78 is 24.3. The highest BCUT2D eigenvalue weighted by Gasteiger charge is 2.05. The fourth-order valence-corrected chi connectivity index (χ4v) is 1.97. The molecule has 0 radical (unpaired) electrons. The van der Waals surface area contributed by atoms with Gasteiger partial charge in [0.25, 0.3) is 0 Å². The van der Waals surface area contributed by atoms with Crippen LogP contribution in [0.4, 0.5) is 0 Å². The van der Waals surface area contributed by atoms with Crippen LogP contribution in [0.1, 0.15) is 5.56 Å². The molecular formula is C11H14Cl2N2O3S. The lowest BCUT2D eigenvalue weighted by atomic mass is 10.1. The molecule has 0 saturated heterocycles. The Kier molecular flexibility index (Phi) is 6.09. The van der Waals surface area contributed by atoms with Crippen LogP contribution in [0.15, 0.2) is 24.3 Å². The maximum absolute atomic E-state index is 11.0. The van der Waals surface area contributed by atoms with Crippen molar-refractivity contribution in [3.8, 4) is 0 Å². The molecule has 1 rings (SSSR count). The first-order valence-electron chi connectivity index (χ1n) is 5.22. The van der Waals surface area contributed by atoms with Crippen molar-refractivity contribution in [2.24, 2.45) is 0 Å². The molecule has 8 heteroatoms. The van der Waals surface area contributed by atoms with E-state index in [0.29, 0.717) is 15.7 Å². The standard InChI is InChI=1S/C11H14Cl2N2O3S/c1-18-15-11(5-6-14-19(2,16)17)8-3-4-9(12)10(13)7-8/h3-5,7,14-15H,6H2,1-2H3. The lowest BCUT2D eigenvalue weighted by molar-refractivity contribution is 0.136. The number of nitrogens with one attached hydrogen (secondary N) is 2. The number of hydrogen-bond acceptors (Lipinski definition) is 4. The maximum atomic E-state index is 11.0. The van der Waals surface area contributed by atoms with E-state index in [0.717, 1.165) is 11.8 Å². The molecule has 106 valence electrons. The maximum Gasteiger partial charge on any atom is 0.208 e. The van der Waals surface area contributed by atoms with E-state index in [1.165, 1.54) is 7.11 Å². The summed E-state index contributed by atoms with van der Waals surface area (Å²) in [5.74, 6) is 0. The number of sulfonamides is 1. The van der Waals surface area contributed by atoms with Crippen LogP contribution in [0, 0.1) is 0 Å². The summed E-state index contributed by atoms with van der Waals surface area (Å²) in [7, 11) is -1.79. The van der Waals surface area contributed by atoms with Crippen LogP contribution in [0.2, 0.25) is 10.0 Å². The van der Waals surface area contributed by atoms with Gasteiger partial charge in [-0.3, -0.25) is 10.3 Å². The Morgan fingerprint density at radius 1 is 1.37 bits per heavy atom. The fraction of sp³-hybridized carbons (Fsp3) is 0.273. The molecule has 0 unspecified atom stereocenters. The number of hydroxylamine groups is 1. The van der Waals surface area contributed by atoms with Gasteiger partial charge in [-0.2, -0.15) is 0 Å². The Labute approximate surface area is 122 Å². The summed E-state index contributed by atoms with van der Waals surface area (Å²) >= 11 is 11.8. The van der Waals surface area contributed by atoms with Gasteiger partial charge in [0, 0.05) is 12.1 Å². The highest BCUT2D eigenvalue weighted by molar-refractivity contribution is 7.88. The van der Waals surface area contributed by atoms with Crippen LogP contribution in [0.3, 0.4) is 0 Å². The minimum Gasteiger partial charge on any atom is -0.279 e. The molecule has 0 saturated carbocycles. The van der Waals surface area contributed by atoms with Gasteiger partial charge in [0.05, 0.1) is 29.1 Å². The average molecular weight is 325 g/mol. The third-order valence-electron chi connectivity index (χ3n) is 2.09. The smallest absolute Gasteiger partial charge is 0.208 e. The number of hydrogen-bond donors (Lipinski definition) is 2. The van der Waals surface area contributed by atoms with Gasteiger partial charge in [0.2, 0.25) is 10.0 Å². The molecule has 0 amide bonds. The van der Waals surface area contributed by atoms with Crippen LogP contribution in [0.25, 0.3) is 5.70 Å². The van der Waals surface area contributed by atoms with Crippen LogP contribution < -0.4 is 10.2 Å². The van der Waals surface area contributed by atoms with Crippen molar-refractivity contribution in [2.75, 3.05) is 19.9 Å². The lowest BCUT2D eigenvalue weighted by Gasteiger charge is -2.10. The molecule has 0 fully saturated rings. The van der Waals surface area contributed by atoms with Crippen LogP contribution >= 0.6 is 23.2 Å². The van der Waals surface area contributed by atoms with Crippen LogP contribution in [-0.4, -0.2) is 28.3 Å². The predicted octanol–water partition coefficient (Wildman–Crippen LogP) is 2.03. The first kappa shape index (κ1) is 16.3. The molecular weight excluding hydrogens is 311 g/mol. The second-order valence-corrected chi connectivity index (χ2v) is 6.32. The molecule has 0 aliphatic carbocycles. The number of rotatable bonds is 6. The first-order chi connectivity index (χ1) is 8.83. The summed E-state index contributed by atoms with van der Waals surface area (Å²) in [5, 5.41) is 0.843. The summed E-state index contributed by atoms with van der Waals surface area (Å²) in [6.07, 6.45) is 2.72. The summed E-state index contributed by atoms with van der Waals surface area (Å²) in [5.41, 5.74) is 3.97. The van der Waals surface area contributed by atoms with E-state index in [2.05, 4.69) is 10.2 Å². The van der Waals surface area contributed by atoms with Crippen molar-refractivity contribution in [3.63, 3.8) is 0 Å². The molecule has 0 bridgehead atoms. The lowest BCUT2D eigenvalue weighted by Crippen LogP contribution is -2.23. The van der Waals surface area contributed by atoms with E-state index >= 15 is 0 Å². The minimum absolute atomic E-state index is 0.130. The molecule has 0 aliphatic rings. The first-order valence-corrected chi connectivity index (χ1v) is 7.87. The highest BCUT2D eigenvalue weighted by atomic mass is 35.5. The average Bonchev–Trinajstić information content (AvgIpc) is 2.30. The van der Waals surface area contributed by atoms with Crippen LogP contribution in [0.5, 0.6) is 0 Å². The molecule has 2 N–H and O–H groups in total. The Morgan fingerprint density at radius 3 is 2.58 bits per heavy atom. The molecule has 0 aliphatic heterocycles. The van der Waals surface area contributed by atoms with Gasteiger partial charge >= 0.3 is 0 Å². The van der Waals surface area contributed by atoms with Crippen molar-refractivity contribution in [1.29, 1.82) is 0 Å². The van der Waals surface area contributed by atoms with Crippen LogP contribution in [-0.2, 0) is 14.9 Å². The molecule has 19 heavy (non-hydrogen) atoms. The Bertz CT molecular complexity index is 573. The summed E-state index contributed by atoms with van der Waals surface area (Å²) in [4.78, 5) is 4.84. The number of halogens is 2. The Balaban J connectivity index is 2.92. The third-order valence-corrected chi connectivity index (χ3v) is 3.52. The van der Waals surface area contributed by atoms with Crippen molar-refractivity contribution < 1.29 is 13.3 Å². The Morgan fingerprint density at radius 2 is 2.05 bits per heavy atom. The quantitative estimate of drug-likeness (QED) is 0.786. The topological polar surface area (TPSA) is 67.4 Å². The predicted molar refractivity (Wildman–Crippen MR) is 77.4 cm³/mol. The summed E-state index contributed by atoms with van der Waals surface area (Å²) in [6, 6.07) is 5.04. The zero-order valence-corrected chi connectivity index (χ0v) is 12.7. The second-order valence-electron chi connectivity index (χ2n) is 3.67. The number of benzene rings is 1. The zero-order chi connectivity index (χ0) is 14.5. The van der Waals surface area contributed by atoms with E-state index in [4.69, 9.17) is 28.0 Å². The SMILES string of the molecule is CONC(=CCNS(C)(=O)=O)c1ccc(Cl)c(Cl)c1. The largest absolute Gasteiger partial charge is 0.279 e. The van der Waals surface area contributed by atoms with Gasteiger partial charge in [0.1, 0.15) is 0 Å². The van der Waals surface area contributed by atoms with Gasteiger partial charge in [-0.05, 0) is 18.2 Å². The van der Waals surface area contributed by atoms with Crippen molar-refractivity contribution >= 4 is 38.9 Å². The molecule has 1 aromatic carbocycles. The van der Waals surface area contributed by atoms with Crippen molar-refractivity contribution in [2.45, 2.75) is 0 Å². The van der Waals surface area contributed by atoms with E-state index in [-0.39, 0.29) is 6.54 Å². The van der Waals surface area contributed by atoms with E-state index in [1.54, 1.807) is 24.3 Å². The van der Waals surface area contributed by atoms with E-state index < -0.39 is 10.0 Å².